The molecule has 0 aliphatic carbocycles. The van der Waals surface area contributed by atoms with Crippen LogP contribution in [0.15, 0.2) is 59.5 Å². The summed E-state index contributed by atoms with van der Waals surface area (Å²) in [5, 5.41) is 1.06. The highest BCUT2D eigenvalue weighted by atomic mass is 32.2. The lowest BCUT2D eigenvalue weighted by Gasteiger charge is -2.17. The second kappa shape index (κ2) is 10.3. The molecular weight excluding hydrogens is 454 g/mol. The number of hydrogen-bond donors (Lipinski definition) is 1. The molecule has 0 spiro atoms. The Bertz CT molecular complexity index is 1130. The van der Waals surface area contributed by atoms with Crippen LogP contribution in [0.25, 0.3) is 5.57 Å². The number of hydrogen-bond acceptors (Lipinski definition) is 5. The van der Waals surface area contributed by atoms with E-state index in [4.69, 9.17) is 12.2 Å². The highest BCUT2D eigenvalue weighted by Gasteiger charge is 2.42. The number of thiocarbonyl (C=S) groups is 1. The van der Waals surface area contributed by atoms with Crippen molar-refractivity contribution in [3.63, 3.8) is 0 Å². The Morgan fingerprint density at radius 1 is 0.939 bits per heavy atom. The average molecular weight is 480 g/mol. The van der Waals surface area contributed by atoms with Gasteiger partial charge >= 0.3 is 0 Å². The molecule has 4 rings (SSSR count). The predicted molar refractivity (Wildman–Crippen MR) is 135 cm³/mol. The van der Waals surface area contributed by atoms with Crippen LogP contribution < -0.4 is 10.3 Å². The quantitative estimate of drug-likeness (QED) is 0.331. The van der Waals surface area contributed by atoms with E-state index in [9.17, 15) is 14.4 Å². The average Bonchev–Trinajstić information content (AvgIpc) is 3.26. The van der Waals surface area contributed by atoms with Crippen molar-refractivity contribution in [2.45, 2.75) is 39.0 Å². The zero-order valence-electron chi connectivity index (χ0n) is 18.4. The summed E-state index contributed by atoms with van der Waals surface area (Å²) in [4.78, 5) is 41.2. The van der Waals surface area contributed by atoms with Crippen LogP contribution in [0.3, 0.4) is 0 Å². The van der Waals surface area contributed by atoms with Crippen LogP contribution in [0.2, 0.25) is 0 Å². The highest BCUT2D eigenvalue weighted by molar-refractivity contribution is 8.26. The normalized spacial score (nSPS) is 17.7. The number of thioether (sulfide) groups is 1. The van der Waals surface area contributed by atoms with E-state index in [2.05, 4.69) is 12.3 Å². The van der Waals surface area contributed by atoms with Crippen molar-refractivity contribution >= 4 is 57.3 Å². The molecule has 0 saturated carbocycles. The molecule has 1 saturated heterocycles. The third kappa shape index (κ3) is 4.72. The molecule has 1 N–H and O–H groups in total. The number of nitrogens with one attached hydrogen (secondary N) is 1. The van der Waals surface area contributed by atoms with E-state index < -0.39 is 11.8 Å². The van der Waals surface area contributed by atoms with Gasteiger partial charge in [0.2, 0.25) is 0 Å². The molecule has 0 unspecified atom stereocenters. The van der Waals surface area contributed by atoms with Crippen molar-refractivity contribution in [2.75, 3.05) is 11.4 Å². The van der Waals surface area contributed by atoms with Gasteiger partial charge in [-0.3, -0.25) is 19.8 Å². The largest absolute Gasteiger partial charge is 0.308 e. The van der Waals surface area contributed by atoms with Gasteiger partial charge in [0.15, 0.2) is 4.32 Å². The molecule has 2 heterocycles. The van der Waals surface area contributed by atoms with Crippen molar-refractivity contribution in [3.05, 3.63) is 70.6 Å². The van der Waals surface area contributed by atoms with Gasteiger partial charge in [-0.2, -0.15) is 5.01 Å². The lowest BCUT2D eigenvalue weighted by Crippen LogP contribution is -2.45. The van der Waals surface area contributed by atoms with E-state index in [1.807, 2.05) is 24.3 Å². The Kier molecular flexibility index (Phi) is 7.25. The van der Waals surface area contributed by atoms with E-state index in [-0.39, 0.29) is 15.1 Å². The van der Waals surface area contributed by atoms with E-state index in [0.29, 0.717) is 17.7 Å². The molecular formula is C25H25N3O3S2. The smallest absolute Gasteiger partial charge is 0.286 e. The third-order valence-electron chi connectivity index (χ3n) is 5.65. The lowest BCUT2D eigenvalue weighted by molar-refractivity contribution is -0.124. The van der Waals surface area contributed by atoms with Gasteiger partial charge in [-0.25, -0.2) is 0 Å². The van der Waals surface area contributed by atoms with Crippen molar-refractivity contribution in [3.8, 4) is 0 Å². The van der Waals surface area contributed by atoms with Crippen LogP contribution in [0.4, 0.5) is 5.69 Å². The zero-order chi connectivity index (χ0) is 23.4. The molecule has 6 nitrogen and oxygen atoms in total. The molecule has 0 atom stereocenters. The molecule has 2 aromatic rings. The number of fused-ring (bicyclic) bond motifs is 1. The van der Waals surface area contributed by atoms with Gasteiger partial charge in [0.25, 0.3) is 17.7 Å². The Labute approximate surface area is 203 Å². The summed E-state index contributed by atoms with van der Waals surface area (Å²) in [6, 6.07) is 16.1. The van der Waals surface area contributed by atoms with Gasteiger partial charge in [0.1, 0.15) is 0 Å². The van der Waals surface area contributed by atoms with Crippen LogP contribution in [0, 0.1) is 0 Å². The van der Waals surface area contributed by atoms with Gasteiger partial charge in [-0.1, -0.05) is 80.8 Å². The van der Waals surface area contributed by atoms with Crippen molar-refractivity contribution in [2.24, 2.45) is 0 Å². The van der Waals surface area contributed by atoms with Gasteiger partial charge in [0, 0.05) is 17.7 Å². The number of unbranched alkanes of at least 4 members (excludes halogenated alkanes) is 4. The van der Waals surface area contributed by atoms with E-state index >= 15 is 0 Å². The molecule has 33 heavy (non-hydrogen) atoms. The standard InChI is InChI=1S/C25H25N3O3S2/c1-2-3-4-5-11-16-27-19-15-10-9-14-18(19)20(23(27)30)21-24(31)28(25(32)33-21)26-22(29)17-12-7-6-8-13-17/h6-10,12-15H,2-5,11,16H2,1H3,(H,26,29). The first-order valence-electron chi connectivity index (χ1n) is 11.1. The summed E-state index contributed by atoms with van der Waals surface area (Å²) in [6.45, 7) is 2.78. The minimum atomic E-state index is -0.489. The molecule has 0 aromatic heterocycles. The third-order valence-corrected chi connectivity index (χ3v) is 7.03. The number of carbonyl (C=O) groups excluding carboxylic acids is 3. The van der Waals surface area contributed by atoms with Crippen molar-refractivity contribution in [1.29, 1.82) is 0 Å². The Morgan fingerprint density at radius 2 is 1.64 bits per heavy atom. The maximum Gasteiger partial charge on any atom is 0.286 e. The van der Waals surface area contributed by atoms with Gasteiger partial charge < -0.3 is 4.90 Å². The molecule has 3 amide bonds. The van der Waals surface area contributed by atoms with Gasteiger partial charge in [-0.05, 0) is 36.8 Å². The number of nitrogens with zero attached hydrogens (tertiary/aromatic N) is 2. The number of benzene rings is 2. The van der Waals surface area contributed by atoms with Gasteiger partial charge in [-0.15, -0.1) is 0 Å². The lowest BCUT2D eigenvalue weighted by atomic mass is 10.1. The van der Waals surface area contributed by atoms with Crippen molar-refractivity contribution < 1.29 is 14.4 Å². The van der Waals surface area contributed by atoms with Crippen LogP contribution in [0.5, 0.6) is 0 Å². The summed E-state index contributed by atoms with van der Waals surface area (Å²) >= 11 is 6.42. The second-order valence-corrected chi connectivity index (χ2v) is 9.55. The first-order chi connectivity index (χ1) is 16.0. The Hall–Kier alpha value is -2.97. The summed E-state index contributed by atoms with van der Waals surface area (Å²) in [5.41, 5.74) is 4.88. The number of rotatable bonds is 8. The fourth-order valence-corrected chi connectivity index (χ4v) is 5.22. The van der Waals surface area contributed by atoms with Crippen LogP contribution in [-0.4, -0.2) is 33.6 Å². The fraction of sp³-hybridized carbons (Fsp3) is 0.280. The molecule has 1 fully saturated rings. The van der Waals surface area contributed by atoms with E-state index in [1.54, 1.807) is 35.2 Å². The molecule has 0 bridgehead atoms. The van der Waals surface area contributed by atoms with Crippen LogP contribution in [0.1, 0.15) is 54.9 Å². The first kappa shape index (κ1) is 23.2. The van der Waals surface area contributed by atoms with Crippen LogP contribution in [-0.2, 0) is 9.59 Å². The summed E-state index contributed by atoms with van der Waals surface area (Å²) in [7, 11) is 0. The summed E-state index contributed by atoms with van der Waals surface area (Å²) < 4.78 is 0.190. The SMILES string of the molecule is CCCCCCCN1C(=O)C(=C2SC(=S)N(NC(=O)c3ccccc3)C2=O)c2ccccc21. The summed E-state index contributed by atoms with van der Waals surface area (Å²) in [6.07, 6.45) is 5.46. The zero-order valence-corrected chi connectivity index (χ0v) is 20.0. The molecule has 0 radical (unpaired) electrons. The van der Waals surface area contributed by atoms with E-state index in [0.717, 1.165) is 53.7 Å². The minimum Gasteiger partial charge on any atom is -0.308 e. The molecule has 2 aromatic carbocycles. The number of amides is 3. The number of hydrazine groups is 1. The van der Waals surface area contributed by atoms with Crippen molar-refractivity contribution in [1.82, 2.24) is 10.4 Å². The Morgan fingerprint density at radius 3 is 2.39 bits per heavy atom. The predicted octanol–water partition coefficient (Wildman–Crippen LogP) is 4.92. The molecule has 8 heteroatoms. The fourth-order valence-electron chi connectivity index (χ4n) is 3.97. The Balaban J connectivity index is 1.58. The number of carbonyl (C=O) groups is 3. The van der Waals surface area contributed by atoms with Gasteiger partial charge in [0.05, 0.1) is 16.2 Å². The monoisotopic (exact) mass is 479 g/mol. The maximum absolute atomic E-state index is 13.4. The molecule has 170 valence electrons. The highest BCUT2D eigenvalue weighted by Crippen LogP contribution is 2.44. The minimum absolute atomic E-state index is 0.190. The molecule has 2 aliphatic heterocycles. The van der Waals surface area contributed by atoms with Crippen LogP contribution >= 0.6 is 24.0 Å². The molecule has 2 aliphatic rings. The van der Waals surface area contributed by atoms with E-state index in [1.165, 1.54) is 6.42 Å². The number of anilines is 1. The number of para-hydroxylation sites is 1. The first-order valence-corrected chi connectivity index (χ1v) is 12.3. The maximum atomic E-state index is 13.4. The topological polar surface area (TPSA) is 69.7 Å². The summed E-state index contributed by atoms with van der Waals surface area (Å²) in [5.74, 6) is -1.12. The second-order valence-electron chi connectivity index (χ2n) is 7.91.